The Bertz CT molecular complexity index is 1600. The number of hydrogen-bond donors (Lipinski definition) is 3. The second kappa shape index (κ2) is 10.3. The molecule has 8 heteroatoms. The molecule has 0 fully saturated rings. The summed E-state index contributed by atoms with van der Waals surface area (Å²) in [4.78, 5) is 27.9. The Labute approximate surface area is 213 Å². The fraction of sp³-hybridized carbons (Fsp3) is 0.103. The molecule has 0 unspecified atom stereocenters. The van der Waals surface area contributed by atoms with E-state index in [0.29, 0.717) is 11.2 Å². The molecule has 1 aromatic heterocycles. The van der Waals surface area contributed by atoms with Crippen LogP contribution < -0.4 is 16.0 Å². The van der Waals surface area contributed by atoms with Crippen molar-refractivity contribution >= 4 is 56.3 Å². The number of fused-ring (bicyclic) bond motifs is 2. The monoisotopic (exact) mass is 491 g/mol. The fourth-order valence-electron chi connectivity index (χ4n) is 4.25. The molecule has 37 heavy (non-hydrogen) atoms. The van der Waals surface area contributed by atoms with Crippen molar-refractivity contribution in [3.63, 3.8) is 0 Å². The van der Waals surface area contributed by atoms with Crippen molar-refractivity contribution in [3.05, 3.63) is 107 Å². The lowest BCUT2D eigenvalue weighted by atomic mass is 10.1. The van der Waals surface area contributed by atoms with E-state index < -0.39 is 4.92 Å². The van der Waals surface area contributed by atoms with Crippen LogP contribution in [0.4, 0.5) is 33.2 Å². The van der Waals surface area contributed by atoms with E-state index in [-0.39, 0.29) is 11.7 Å². The van der Waals surface area contributed by atoms with Crippen LogP contribution in [0.1, 0.15) is 18.9 Å². The van der Waals surface area contributed by atoms with Crippen molar-refractivity contribution in [2.24, 2.45) is 0 Å². The van der Waals surface area contributed by atoms with E-state index in [9.17, 15) is 14.9 Å². The van der Waals surface area contributed by atoms with Gasteiger partial charge in [0.2, 0.25) is 0 Å². The minimum atomic E-state index is -0.424. The second-order valence-corrected chi connectivity index (χ2v) is 8.69. The minimum absolute atomic E-state index is 0.00756. The van der Waals surface area contributed by atoms with Gasteiger partial charge in [-0.1, -0.05) is 43.7 Å². The zero-order valence-electron chi connectivity index (χ0n) is 20.2. The maximum atomic E-state index is 12.4. The van der Waals surface area contributed by atoms with Crippen LogP contribution in [0.2, 0.25) is 0 Å². The average Bonchev–Trinajstić information content (AvgIpc) is 2.90. The Kier molecular flexibility index (Phi) is 6.63. The van der Waals surface area contributed by atoms with E-state index in [1.54, 1.807) is 6.07 Å². The predicted molar refractivity (Wildman–Crippen MR) is 149 cm³/mol. The summed E-state index contributed by atoms with van der Waals surface area (Å²) in [5.74, 6) is 0. The number of urea groups is 1. The lowest BCUT2D eigenvalue weighted by molar-refractivity contribution is -0.384. The largest absolute Gasteiger partial charge is 0.354 e. The molecule has 0 spiro atoms. The number of para-hydroxylation sites is 1. The standard InChI is InChI=1S/C29H25N5O3/c1-2-5-19-8-10-21(11-9-19)31-29(35)32-22-14-12-20(13-15-22)30-28-24-6-3-4-7-26(24)33-27-18-23(34(36)37)16-17-25(27)28/h3-4,6-18H,2,5H2,1H3,(H,30,33)(H2,31,32,35). The van der Waals surface area contributed by atoms with Crippen molar-refractivity contribution in [1.82, 2.24) is 4.98 Å². The Hall–Kier alpha value is -4.98. The number of non-ortho nitro benzene ring substituents is 1. The van der Waals surface area contributed by atoms with Crippen LogP contribution in [0.5, 0.6) is 0 Å². The van der Waals surface area contributed by atoms with E-state index in [2.05, 4.69) is 27.9 Å². The zero-order chi connectivity index (χ0) is 25.8. The van der Waals surface area contributed by atoms with E-state index in [0.717, 1.165) is 46.2 Å². The molecular weight excluding hydrogens is 466 g/mol. The third-order valence-electron chi connectivity index (χ3n) is 6.04. The highest BCUT2D eigenvalue weighted by molar-refractivity contribution is 6.09. The number of anilines is 4. The number of carbonyl (C=O) groups is 1. The van der Waals surface area contributed by atoms with Gasteiger partial charge in [-0.25, -0.2) is 9.78 Å². The summed E-state index contributed by atoms with van der Waals surface area (Å²) < 4.78 is 0. The van der Waals surface area contributed by atoms with E-state index in [1.165, 1.54) is 17.7 Å². The molecule has 0 aliphatic heterocycles. The summed E-state index contributed by atoms with van der Waals surface area (Å²) in [6.45, 7) is 2.13. The maximum Gasteiger partial charge on any atom is 0.323 e. The van der Waals surface area contributed by atoms with Gasteiger partial charge in [0.1, 0.15) is 0 Å². The number of rotatable bonds is 7. The first-order chi connectivity index (χ1) is 18.0. The number of nitrogens with one attached hydrogen (secondary N) is 3. The molecule has 0 aliphatic rings. The molecule has 4 aromatic carbocycles. The highest BCUT2D eigenvalue weighted by atomic mass is 16.6. The smallest absolute Gasteiger partial charge is 0.323 e. The summed E-state index contributed by atoms with van der Waals surface area (Å²) in [7, 11) is 0. The molecule has 0 atom stereocenters. The van der Waals surface area contributed by atoms with Gasteiger partial charge in [0.05, 0.1) is 21.6 Å². The number of hydrogen-bond acceptors (Lipinski definition) is 5. The molecule has 0 bridgehead atoms. The molecule has 0 saturated heterocycles. The van der Waals surface area contributed by atoms with Gasteiger partial charge in [0, 0.05) is 40.0 Å². The van der Waals surface area contributed by atoms with Crippen LogP contribution in [0, 0.1) is 10.1 Å². The number of amides is 2. The number of nitro groups is 1. The lowest BCUT2D eigenvalue weighted by Gasteiger charge is -2.14. The maximum absolute atomic E-state index is 12.4. The van der Waals surface area contributed by atoms with Gasteiger partial charge in [-0.05, 0) is 60.5 Å². The van der Waals surface area contributed by atoms with Crippen LogP contribution in [-0.2, 0) is 6.42 Å². The first-order valence-corrected chi connectivity index (χ1v) is 12.0. The summed E-state index contributed by atoms with van der Waals surface area (Å²) in [5.41, 5.74) is 5.48. The van der Waals surface area contributed by atoms with Gasteiger partial charge in [0.15, 0.2) is 0 Å². The molecule has 8 nitrogen and oxygen atoms in total. The number of carbonyl (C=O) groups excluding carboxylic acids is 1. The van der Waals surface area contributed by atoms with Crippen molar-refractivity contribution in [2.75, 3.05) is 16.0 Å². The second-order valence-electron chi connectivity index (χ2n) is 8.69. The third-order valence-corrected chi connectivity index (χ3v) is 6.04. The lowest BCUT2D eigenvalue weighted by Crippen LogP contribution is -2.19. The van der Waals surface area contributed by atoms with Crippen LogP contribution in [0.15, 0.2) is 91.0 Å². The minimum Gasteiger partial charge on any atom is -0.354 e. The van der Waals surface area contributed by atoms with Crippen molar-refractivity contribution < 1.29 is 9.72 Å². The number of aryl methyl sites for hydroxylation is 1. The highest BCUT2D eigenvalue weighted by Gasteiger charge is 2.13. The van der Waals surface area contributed by atoms with E-state index in [4.69, 9.17) is 0 Å². The number of nitrogens with zero attached hydrogens (tertiary/aromatic N) is 2. The zero-order valence-corrected chi connectivity index (χ0v) is 20.2. The first kappa shape index (κ1) is 23.7. The molecular formula is C29H25N5O3. The van der Waals surface area contributed by atoms with Gasteiger partial charge in [-0.3, -0.25) is 10.1 Å². The van der Waals surface area contributed by atoms with E-state index >= 15 is 0 Å². The highest BCUT2D eigenvalue weighted by Crippen LogP contribution is 2.34. The number of benzene rings is 4. The fourth-order valence-corrected chi connectivity index (χ4v) is 4.25. The molecule has 0 saturated carbocycles. The van der Waals surface area contributed by atoms with Crippen LogP contribution in [0.3, 0.4) is 0 Å². The van der Waals surface area contributed by atoms with Gasteiger partial charge in [0.25, 0.3) is 5.69 Å². The molecule has 1 heterocycles. The topological polar surface area (TPSA) is 109 Å². The molecule has 184 valence electrons. The van der Waals surface area contributed by atoms with E-state index in [1.807, 2.05) is 72.8 Å². The summed E-state index contributed by atoms with van der Waals surface area (Å²) >= 11 is 0. The van der Waals surface area contributed by atoms with Gasteiger partial charge in [-0.15, -0.1) is 0 Å². The van der Waals surface area contributed by atoms with Crippen molar-refractivity contribution in [1.29, 1.82) is 0 Å². The van der Waals surface area contributed by atoms with Gasteiger partial charge in [-0.2, -0.15) is 0 Å². The van der Waals surface area contributed by atoms with Gasteiger partial charge < -0.3 is 16.0 Å². The number of aromatic nitrogens is 1. The molecule has 2 amide bonds. The van der Waals surface area contributed by atoms with Crippen molar-refractivity contribution in [3.8, 4) is 0 Å². The molecule has 0 aliphatic carbocycles. The van der Waals surface area contributed by atoms with Crippen LogP contribution in [0.25, 0.3) is 21.8 Å². The van der Waals surface area contributed by atoms with Crippen LogP contribution in [-0.4, -0.2) is 15.9 Å². The Morgan fingerprint density at radius 1 is 0.811 bits per heavy atom. The van der Waals surface area contributed by atoms with Gasteiger partial charge >= 0.3 is 6.03 Å². The summed E-state index contributed by atoms with van der Waals surface area (Å²) in [6.07, 6.45) is 2.09. The molecule has 3 N–H and O–H groups in total. The normalized spacial score (nSPS) is 10.8. The SMILES string of the molecule is CCCc1ccc(NC(=O)Nc2ccc(Nc3c4ccccc4nc4cc([N+](=O)[O-])ccc34)cc2)cc1. The number of nitro benzene ring substituents is 1. The summed E-state index contributed by atoms with van der Waals surface area (Å²) in [6, 6.07) is 27.2. The predicted octanol–water partition coefficient (Wildman–Crippen LogP) is 7.64. The third kappa shape index (κ3) is 5.33. The Morgan fingerprint density at radius 2 is 1.43 bits per heavy atom. The number of pyridine rings is 1. The molecule has 0 radical (unpaired) electrons. The molecule has 5 rings (SSSR count). The average molecular weight is 492 g/mol. The Morgan fingerprint density at radius 3 is 2.11 bits per heavy atom. The quantitative estimate of drug-likeness (QED) is 0.123. The van der Waals surface area contributed by atoms with Crippen molar-refractivity contribution in [2.45, 2.75) is 19.8 Å². The first-order valence-electron chi connectivity index (χ1n) is 12.0. The Balaban J connectivity index is 1.34. The summed E-state index contributed by atoms with van der Waals surface area (Å²) in [5, 5.41) is 22.1. The molecule has 5 aromatic rings. The van der Waals surface area contributed by atoms with Crippen LogP contribution >= 0.6 is 0 Å².